The summed E-state index contributed by atoms with van der Waals surface area (Å²) in [6, 6.07) is 20.4. The number of carbonyl (C=O) groups excluding carboxylic acids is 2. The van der Waals surface area contributed by atoms with Crippen molar-refractivity contribution in [3.05, 3.63) is 83.6 Å². The number of nitrogens with zero attached hydrogens (tertiary/aromatic N) is 1. The van der Waals surface area contributed by atoms with Crippen molar-refractivity contribution in [2.45, 2.75) is 33.0 Å². The Morgan fingerprint density at radius 1 is 0.848 bits per heavy atom. The summed E-state index contributed by atoms with van der Waals surface area (Å²) in [5, 5.41) is 5.29. The van der Waals surface area contributed by atoms with E-state index in [-0.39, 0.29) is 30.7 Å². The Labute approximate surface area is 192 Å². The molecule has 0 radical (unpaired) electrons. The van der Waals surface area contributed by atoms with Crippen molar-refractivity contribution in [1.82, 2.24) is 4.98 Å². The van der Waals surface area contributed by atoms with Crippen LogP contribution >= 0.6 is 0 Å². The minimum absolute atomic E-state index is 0.0256. The predicted octanol–water partition coefficient (Wildman–Crippen LogP) is 5.71. The molecule has 0 aliphatic carbocycles. The number of methoxy groups -OCH3 is 1. The van der Waals surface area contributed by atoms with Gasteiger partial charge in [-0.15, -0.1) is 0 Å². The minimum Gasteiger partial charge on any atom is -0.491 e. The summed E-state index contributed by atoms with van der Waals surface area (Å²) in [6.45, 7) is 4.12. The Balaban J connectivity index is 1.73. The van der Waals surface area contributed by atoms with Gasteiger partial charge in [0.25, 0.3) is 0 Å². The van der Waals surface area contributed by atoms with E-state index in [2.05, 4.69) is 15.6 Å². The first-order valence-electron chi connectivity index (χ1n) is 10.5. The summed E-state index contributed by atoms with van der Waals surface area (Å²) >= 11 is 0. The molecule has 8 nitrogen and oxygen atoms in total. The maximum Gasteiger partial charge on any atom is 0.413 e. The molecule has 0 atom stereocenters. The van der Waals surface area contributed by atoms with Gasteiger partial charge in [-0.25, -0.2) is 14.6 Å². The number of amides is 2. The Bertz CT molecular complexity index is 993. The van der Waals surface area contributed by atoms with Gasteiger partial charge < -0.3 is 14.2 Å². The van der Waals surface area contributed by atoms with E-state index in [9.17, 15) is 9.59 Å². The van der Waals surface area contributed by atoms with Gasteiger partial charge in [-0.05, 0) is 23.1 Å². The van der Waals surface area contributed by atoms with Crippen LogP contribution in [0, 0.1) is 0 Å². The highest BCUT2D eigenvalue weighted by molar-refractivity contribution is 5.92. The lowest BCUT2D eigenvalue weighted by atomic mass is 10.1. The highest BCUT2D eigenvalue weighted by Gasteiger charge is 2.20. The number of nitrogens with one attached hydrogen (secondary N) is 2. The lowest BCUT2D eigenvalue weighted by Crippen LogP contribution is -2.18. The van der Waals surface area contributed by atoms with Crippen molar-refractivity contribution in [2.75, 3.05) is 17.7 Å². The maximum absolute atomic E-state index is 12.4. The Morgan fingerprint density at radius 2 is 1.36 bits per heavy atom. The van der Waals surface area contributed by atoms with Crippen LogP contribution in [0.15, 0.2) is 66.7 Å². The fourth-order valence-corrected chi connectivity index (χ4v) is 2.96. The van der Waals surface area contributed by atoms with Crippen molar-refractivity contribution in [3.63, 3.8) is 0 Å². The van der Waals surface area contributed by atoms with E-state index in [1.165, 1.54) is 7.11 Å². The van der Waals surface area contributed by atoms with Gasteiger partial charge in [0.15, 0.2) is 11.6 Å². The second-order valence-electron chi connectivity index (χ2n) is 7.50. The van der Waals surface area contributed by atoms with E-state index in [0.717, 1.165) is 11.1 Å². The summed E-state index contributed by atoms with van der Waals surface area (Å²) in [5.74, 6) is 0.352. The summed E-state index contributed by atoms with van der Waals surface area (Å²) in [7, 11) is 1.42. The molecule has 3 rings (SSSR count). The highest BCUT2D eigenvalue weighted by atomic mass is 16.6. The average Bonchev–Trinajstić information content (AvgIpc) is 2.82. The predicted molar refractivity (Wildman–Crippen MR) is 125 cm³/mol. The van der Waals surface area contributed by atoms with E-state index in [4.69, 9.17) is 14.2 Å². The van der Waals surface area contributed by atoms with Gasteiger partial charge in [0.2, 0.25) is 0 Å². The molecule has 2 N–H and O–H groups in total. The number of anilines is 2. The number of ether oxygens (including phenoxy) is 3. The fraction of sp³-hybridized carbons (Fsp3) is 0.240. The average molecular weight is 450 g/mol. The standard InChI is InChI=1S/C25H27N3O5/c1-17(2)20-14-21(27-24(29)32-15-18-10-6-4-7-11-18)22(31-3)23(26-20)28-25(30)33-16-19-12-8-5-9-13-19/h4-14,17H,15-16H2,1-3H3,(H2,26,27,28,29,30). The van der Waals surface area contributed by atoms with Gasteiger partial charge in [-0.1, -0.05) is 74.5 Å². The molecular formula is C25H27N3O5. The topological polar surface area (TPSA) is 98.8 Å². The number of rotatable bonds is 8. The number of pyridine rings is 1. The third kappa shape index (κ3) is 6.96. The second-order valence-corrected chi connectivity index (χ2v) is 7.50. The lowest BCUT2D eigenvalue weighted by Gasteiger charge is -2.17. The van der Waals surface area contributed by atoms with Crippen LogP contribution in [0.5, 0.6) is 5.75 Å². The molecule has 0 spiro atoms. The summed E-state index contributed by atoms with van der Waals surface area (Å²) in [4.78, 5) is 29.3. The zero-order chi connectivity index (χ0) is 23.6. The van der Waals surface area contributed by atoms with Gasteiger partial charge in [-0.3, -0.25) is 10.6 Å². The molecule has 0 bridgehead atoms. The van der Waals surface area contributed by atoms with Crippen LogP contribution in [0.3, 0.4) is 0 Å². The Morgan fingerprint density at radius 3 is 1.85 bits per heavy atom. The largest absolute Gasteiger partial charge is 0.491 e. The molecule has 0 fully saturated rings. The SMILES string of the molecule is COc1c(NC(=O)OCc2ccccc2)cc(C(C)C)nc1NC(=O)OCc1ccccc1. The van der Waals surface area contributed by atoms with Crippen molar-refractivity contribution in [3.8, 4) is 5.75 Å². The number of benzene rings is 2. The molecule has 0 aliphatic rings. The van der Waals surface area contributed by atoms with E-state index in [1.54, 1.807) is 6.07 Å². The number of hydrogen-bond donors (Lipinski definition) is 2. The summed E-state index contributed by atoms with van der Waals surface area (Å²) < 4.78 is 16.0. The molecule has 0 unspecified atom stereocenters. The lowest BCUT2D eigenvalue weighted by molar-refractivity contribution is 0.154. The van der Waals surface area contributed by atoms with Crippen molar-refractivity contribution >= 4 is 23.7 Å². The zero-order valence-electron chi connectivity index (χ0n) is 18.8. The first-order chi connectivity index (χ1) is 16.0. The van der Waals surface area contributed by atoms with Gasteiger partial charge in [-0.2, -0.15) is 0 Å². The van der Waals surface area contributed by atoms with E-state index >= 15 is 0 Å². The molecule has 2 aromatic carbocycles. The first kappa shape index (κ1) is 23.6. The zero-order valence-corrected chi connectivity index (χ0v) is 18.8. The van der Waals surface area contributed by atoms with E-state index < -0.39 is 12.2 Å². The number of carbonyl (C=O) groups is 2. The molecule has 8 heteroatoms. The third-order valence-corrected chi connectivity index (χ3v) is 4.67. The molecular weight excluding hydrogens is 422 g/mol. The van der Waals surface area contributed by atoms with E-state index in [0.29, 0.717) is 11.4 Å². The van der Waals surface area contributed by atoms with Gasteiger partial charge >= 0.3 is 12.2 Å². The van der Waals surface area contributed by atoms with Crippen molar-refractivity contribution in [1.29, 1.82) is 0 Å². The number of hydrogen-bond acceptors (Lipinski definition) is 6. The molecule has 0 saturated carbocycles. The molecule has 2 amide bonds. The molecule has 0 saturated heterocycles. The second kappa shape index (κ2) is 11.5. The molecule has 1 heterocycles. The molecule has 33 heavy (non-hydrogen) atoms. The minimum atomic E-state index is -0.692. The van der Waals surface area contributed by atoms with Crippen LogP contribution < -0.4 is 15.4 Å². The normalized spacial score (nSPS) is 10.4. The maximum atomic E-state index is 12.4. The van der Waals surface area contributed by atoms with Crippen LogP contribution in [0.25, 0.3) is 0 Å². The highest BCUT2D eigenvalue weighted by Crippen LogP contribution is 2.34. The van der Waals surface area contributed by atoms with E-state index in [1.807, 2.05) is 74.5 Å². The van der Waals surface area contributed by atoms with Crippen molar-refractivity contribution in [2.24, 2.45) is 0 Å². The summed E-state index contributed by atoms with van der Waals surface area (Å²) in [6.07, 6.45) is -1.35. The molecule has 172 valence electrons. The van der Waals surface area contributed by atoms with Crippen molar-refractivity contribution < 1.29 is 23.8 Å². The van der Waals surface area contributed by atoms with Crippen LogP contribution in [-0.4, -0.2) is 24.3 Å². The number of aromatic nitrogens is 1. The Kier molecular flexibility index (Phi) is 8.24. The first-order valence-corrected chi connectivity index (χ1v) is 10.5. The smallest absolute Gasteiger partial charge is 0.413 e. The Hall–Kier alpha value is -4.07. The van der Waals surface area contributed by atoms with Gasteiger partial charge in [0, 0.05) is 5.69 Å². The van der Waals surface area contributed by atoms with Gasteiger partial charge in [0.05, 0.1) is 12.8 Å². The summed E-state index contributed by atoms with van der Waals surface area (Å²) in [5.41, 5.74) is 2.69. The van der Waals surface area contributed by atoms with Crippen LogP contribution in [0.2, 0.25) is 0 Å². The molecule has 3 aromatic rings. The van der Waals surface area contributed by atoms with Crippen LogP contribution in [0.4, 0.5) is 21.1 Å². The monoisotopic (exact) mass is 449 g/mol. The third-order valence-electron chi connectivity index (χ3n) is 4.67. The molecule has 0 aliphatic heterocycles. The van der Waals surface area contributed by atoms with Crippen LogP contribution in [0.1, 0.15) is 36.6 Å². The molecule has 1 aromatic heterocycles. The van der Waals surface area contributed by atoms with Gasteiger partial charge in [0.1, 0.15) is 13.2 Å². The fourth-order valence-electron chi connectivity index (χ4n) is 2.96. The quantitative estimate of drug-likeness (QED) is 0.457. The van der Waals surface area contributed by atoms with Crippen LogP contribution in [-0.2, 0) is 22.7 Å².